The summed E-state index contributed by atoms with van der Waals surface area (Å²) in [6.07, 6.45) is 0. The highest BCUT2D eigenvalue weighted by atomic mass is 32.1. The molecule has 0 bridgehead atoms. The summed E-state index contributed by atoms with van der Waals surface area (Å²) in [4.78, 5) is 16.3. The third-order valence-corrected chi connectivity index (χ3v) is 11.6. The standard InChI is InChI=1S/C49H30N4S/c1-3-11-34(12-4-1)42-30-43(51-47(50-42)36-13-5-2-6-14-36)35-25-23-32(24-26-35)31-19-21-33(22-20-31)37-27-28-45-40(29-37)46-38-15-7-8-16-39(38)48-52-41-17-9-10-18-44(41)53(48)49(46)54-45/h1-30H. The molecule has 0 aliphatic heterocycles. The molecule has 0 spiro atoms. The summed E-state index contributed by atoms with van der Waals surface area (Å²) < 4.78 is 3.63. The Morgan fingerprint density at radius 2 is 0.926 bits per heavy atom. The summed E-state index contributed by atoms with van der Waals surface area (Å²) in [6, 6.07) is 64.2. The van der Waals surface area contributed by atoms with E-state index in [1.54, 1.807) is 0 Å². The number of imidazole rings is 1. The maximum atomic E-state index is 5.08. The van der Waals surface area contributed by atoms with Crippen LogP contribution in [0.1, 0.15) is 0 Å². The lowest BCUT2D eigenvalue weighted by Crippen LogP contribution is -1.95. The summed E-state index contributed by atoms with van der Waals surface area (Å²) in [5, 5.41) is 4.98. The Morgan fingerprint density at radius 3 is 1.63 bits per heavy atom. The lowest BCUT2D eigenvalue weighted by molar-refractivity contribution is 1.18. The van der Waals surface area contributed by atoms with E-state index in [0.29, 0.717) is 0 Å². The van der Waals surface area contributed by atoms with Crippen LogP contribution >= 0.6 is 11.3 Å². The molecule has 0 unspecified atom stereocenters. The zero-order valence-electron chi connectivity index (χ0n) is 29.0. The minimum Gasteiger partial charge on any atom is -0.283 e. The average molecular weight is 707 g/mol. The fourth-order valence-corrected chi connectivity index (χ4v) is 8.96. The van der Waals surface area contributed by atoms with Crippen molar-refractivity contribution in [2.24, 2.45) is 0 Å². The van der Waals surface area contributed by atoms with Crippen molar-refractivity contribution in [2.45, 2.75) is 0 Å². The van der Waals surface area contributed by atoms with Crippen molar-refractivity contribution in [3.63, 3.8) is 0 Å². The van der Waals surface area contributed by atoms with Gasteiger partial charge in [0.25, 0.3) is 0 Å². The Bertz CT molecular complexity index is 3120. The van der Waals surface area contributed by atoms with E-state index in [4.69, 9.17) is 15.0 Å². The van der Waals surface area contributed by atoms with Crippen molar-refractivity contribution in [3.05, 3.63) is 182 Å². The van der Waals surface area contributed by atoms with E-state index in [-0.39, 0.29) is 0 Å². The van der Waals surface area contributed by atoms with Gasteiger partial charge in [0.2, 0.25) is 0 Å². The Morgan fingerprint density at radius 1 is 0.389 bits per heavy atom. The fourth-order valence-electron chi connectivity index (χ4n) is 7.75. The predicted octanol–water partition coefficient (Wildman–Crippen LogP) is 13.1. The van der Waals surface area contributed by atoms with Gasteiger partial charge in [-0.25, -0.2) is 15.0 Å². The first-order valence-electron chi connectivity index (χ1n) is 18.1. The third kappa shape index (κ3) is 5.01. The topological polar surface area (TPSA) is 43.1 Å². The van der Waals surface area contributed by atoms with Gasteiger partial charge in [-0.05, 0) is 58.0 Å². The second-order valence-electron chi connectivity index (χ2n) is 13.6. The van der Waals surface area contributed by atoms with Crippen molar-refractivity contribution < 1.29 is 0 Å². The molecule has 5 heteroatoms. The first kappa shape index (κ1) is 30.7. The number of nitrogens with zero attached hydrogens (tertiary/aromatic N) is 4. The maximum absolute atomic E-state index is 5.08. The number of benzene rings is 7. The number of fused-ring (bicyclic) bond motifs is 10. The Hall–Kier alpha value is -6.95. The van der Waals surface area contributed by atoms with Crippen molar-refractivity contribution in [1.29, 1.82) is 0 Å². The highest BCUT2D eigenvalue weighted by Gasteiger charge is 2.18. The molecule has 0 atom stereocenters. The van der Waals surface area contributed by atoms with Gasteiger partial charge in [-0.3, -0.25) is 4.40 Å². The molecule has 0 N–H and O–H groups in total. The van der Waals surface area contributed by atoms with Crippen LogP contribution in [-0.4, -0.2) is 19.4 Å². The average Bonchev–Trinajstić information content (AvgIpc) is 3.83. The van der Waals surface area contributed by atoms with Crippen molar-refractivity contribution >= 4 is 59.1 Å². The van der Waals surface area contributed by atoms with E-state index in [9.17, 15) is 0 Å². The van der Waals surface area contributed by atoms with E-state index < -0.39 is 0 Å². The van der Waals surface area contributed by atoms with Crippen LogP contribution in [0.15, 0.2) is 182 Å². The number of aromatic nitrogens is 4. The molecular formula is C49H30N4S. The predicted molar refractivity (Wildman–Crippen MR) is 226 cm³/mol. The third-order valence-electron chi connectivity index (χ3n) is 10.4. The molecule has 0 radical (unpaired) electrons. The molecule has 7 aromatic carbocycles. The van der Waals surface area contributed by atoms with Gasteiger partial charge < -0.3 is 0 Å². The van der Waals surface area contributed by atoms with Crippen molar-refractivity contribution in [3.8, 4) is 56.2 Å². The fraction of sp³-hybridized carbons (Fsp3) is 0. The van der Waals surface area contributed by atoms with Crippen LogP contribution in [0.3, 0.4) is 0 Å². The van der Waals surface area contributed by atoms with Crippen LogP contribution in [0.25, 0.3) is 104 Å². The summed E-state index contributed by atoms with van der Waals surface area (Å²) in [7, 11) is 0. The SMILES string of the molecule is c1ccc(-c2cc(-c3ccc(-c4ccc(-c5ccc6sc7c(c6c5)c5ccccc5c5nc6ccccc6n57)cc4)cc3)nc(-c3ccccc3)n2)cc1. The van der Waals surface area contributed by atoms with Gasteiger partial charge in [-0.1, -0.05) is 152 Å². The molecule has 0 aliphatic rings. The molecule has 0 aliphatic carbocycles. The van der Waals surface area contributed by atoms with E-state index in [2.05, 4.69) is 150 Å². The molecular weight excluding hydrogens is 677 g/mol. The molecule has 0 saturated carbocycles. The van der Waals surface area contributed by atoms with E-state index in [1.165, 1.54) is 47.8 Å². The Kier molecular flexibility index (Phi) is 7.00. The van der Waals surface area contributed by atoms with Crippen LogP contribution in [0.2, 0.25) is 0 Å². The van der Waals surface area contributed by atoms with Gasteiger partial charge in [-0.2, -0.15) is 0 Å². The van der Waals surface area contributed by atoms with Gasteiger partial charge in [0, 0.05) is 37.5 Å². The van der Waals surface area contributed by atoms with Crippen molar-refractivity contribution in [2.75, 3.05) is 0 Å². The van der Waals surface area contributed by atoms with Crippen LogP contribution < -0.4 is 0 Å². The molecule has 54 heavy (non-hydrogen) atoms. The molecule has 11 aromatic rings. The van der Waals surface area contributed by atoms with Crippen LogP contribution in [0.4, 0.5) is 0 Å². The van der Waals surface area contributed by atoms with Crippen molar-refractivity contribution in [1.82, 2.24) is 19.4 Å². The normalized spacial score (nSPS) is 11.7. The van der Waals surface area contributed by atoms with Gasteiger partial charge in [0.1, 0.15) is 10.5 Å². The number of pyridine rings is 1. The van der Waals surface area contributed by atoms with Gasteiger partial charge in [0.05, 0.1) is 22.4 Å². The zero-order chi connectivity index (χ0) is 35.6. The lowest BCUT2D eigenvalue weighted by Gasteiger charge is -2.10. The number of hydrogen-bond donors (Lipinski definition) is 0. The van der Waals surface area contributed by atoms with E-state index >= 15 is 0 Å². The molecule has 0 saturated heterocycles. The van der Waals surface area contributed by atoms with Gasteiger partial charge in [-0.15, -0.1) is 11.3 Å². The second-order valence-corrected chi connectivity index (χ2v) is 14.7. The van der Waals surface area contributed by atoms with Crippen LogP contribution in [-0.2, 0) is 0 Å². The van der Waals surface area contributed by atoms with Gasteiger partial charge in [0.15, 0.2) is 5.82 Å². The molecule has 252 valence electrons. The molecule has 0 amide bonds. The van der Waals surface area contributed by atoms with Crippen LogP contribution in [0, 0.1) is 0 Å². The Labute approximate surface area is 315 Å². The Balaban J connectivity index is 0.951. The molecule has 4 aromatic heterocycles. The summed E-state index contributed by atoms with van der Waals surface area (Å²) in [6.45, 7) is 0. The highest BCUT2D eigenvalue weighted by molar-refractivity contribution is 7.25. The summed E-state index contributed by atoms with van der Waals surface area (Å²) in [5.74, 6) is 0.719. The maximum Gasteiger partial charge on any atom is 0.160 e. The van der Waals surface area contributed by atoms with Gasteiger partial charge >= 0.3 is 0 Å². The van der Waals surface area contributed by atoms with E-state index in [0.717, 1.165) is 56.1 Å². The van der Waals surface area contributed by atoms with E-state index in [1.807, 2.05) is 47.7 Å². The minimum atomic E-state index is 0.719. The number of para-hydroxylation sites is 2. The quantitative estimate of drug-likeness (QED) is 0.179. The summed E-state index contributed by atoms with van der Waals surface area (Å²) >= 11 is 1.84. The first-order chi connectivity index (χ1) is 26.7. The second kappa shape index (κ2) is 12.3. The molecule has 11 rings (SSSR count). The van der Waals surface area contributed by atoms with Crippen LogP contribution in [0.5, 0.6) is 0 Å². The monoisotopic (exact) mass is 706 g/mol. The molecule has 4 heterocycles. The first-order valence-corrected chi connectivity index (χ1v) is 18.9. The lowest BCUT2D eigenvalue weighted by atomic mass is 9.97. The zero-order valence-corrected chi connectivity index (χ0v) is 29.8. The number of rotatable bonds is 5. The molecule has 4 nitrogen and oxygen atoms in total. The summed E-state index contributed by atoms with van der Waals surface area (Å²) in [5.41, 5.74) is 12.8. The molecule has 0 fully saturated rings. The number of hydrogen-bond acceptors (Lipinski definition) is 4. The minimum absolute atomic E-state index is 0.719. The smallest absolute Gasteiger partial charge is 0.160 e. The largest absolute Gasteiger partial charge is 0.283 e. The highest BCUT2D eigenvalue weighted by Crippen LogP contribution is 2.43. The number of thiophene rings is 1.